The highest BCUT2D eigenvalue weighted by atomic mass is 127. The first-order valence-corrected chi connectivity index (χ1v) is 11.3. The highest BCUT2D eigenvalue weighted by molar-refractivity contribution is 14.0. The monoisotopic (exact) mass is 568 g/mol. The van der Waals surface area contributed by atoms with E-state index in [1.807, 2.05) is 6.92 Å². The maximum Gasteiger partial charge on any atom is 0.191 e. The number of hydrogen-bond donors (Lipinski definition) is 3. The summed E-state index contributed by atoms with van der Waals surface area (Å²) in [7, 11) is 3.19. The van der Waals surface area contributed by atoms with Gasteiger partial charge in [0, 0.05) is 31.4 Å². The van der Waals surface area contributed by atoms with Crippen LogP contribution in [0.3, 0.4) is 0 Å². The van der Waals surface area contributed by atoms with Crippen LogP contribution in [-0.2, 0) is 0 Å². The Morgan fingerprint density at radius 1 is 1.06 bits per heavy atom. The number of anilines is 1. The smallest absolute Gasteiger partial charge is 0.191 e. The number of aliphatic imine (C=N–C) groups is 1. The van der Waals surface area contributed by atoms with E-state index in [4.69, 9.17) is 9.47 Å². The lowest BCUT2D eigenvalue weighted by atomic mass is 10.1. The number of aliphatic hydroxyl groups is 1. The second-order valence-corrected chi connectivity index (χ2v) is 8.04. The van der Waals surface area contributed by atoms with E-state index in [2.05, 4.69) is 51.7 Å². The SMILES string of the molecule is CCNC(=NCC(O)c1cc(OC)cc(OC)c1)NC(C)c1cccc(N2CCCC2)c1.I. The molecule has 0 bridgehead atoms. The maximum atomic E-state index is 10.7. The first-order chi connectivity index (χ1) is 15.5. The van der Waals surface area contributed by atoms with Gasteiger partial charge in [-0.1, -0.05) is 12.1 Å². The zero-order valence-electron chi connectivity index (χ0n) is 20.0. The van der Waals surface area contributed by atoms with E-state index in [1.54, 1.807) is 32.4 Å². The minimum atomic E-state index is -0.775. The van der Waals surface area contributed by atoms with Gasteiger partial charge in [-0.2, -0.15) is 0 Å². The van der Waals surface area contributed by atoms with Crippen LogP contribution in [0.2, 0.25) is 0 Å². The summed E-state index contributed by atoms with van der Waals surface area (Å²) in [5.41, 5.74) is 3.18. The summed E-state index contributed by atoms with van der Waals surface area (Å²) in [6.45, 7) is 7.35. The van der Waals surface area contributed by atoms with Crippen molar-refractivity contribution in [3.05, 3.63) is 53.6 Å². The topological polar surface area (TPSA) is 78.4 Å². The van der Waals surface area contributed by atoms with Crippen molar-refractivity contribution in [2.24, 2.45) is 4.99 Å². The molecule has 8 heteroatoms. The van der Waals surface area contributed by atoms with Crippen molar-refractivity contribution in [1.82, 2.24) is 10.6 Å². The Kier molecular flexibility index (Phi) is 11.1. The molecule has 2 aromatic carbocycles. The van der Waals surface area contributed by atoms with E-state index in [9.17, 15) is 5.11 Å². The van der Waals surface area contributed by atoms with Gasteiger partial charge in [-0.05, 0) is 62.1 Å². The van der Waals surface area contributed by atoms with Crippen LogP contribution >= 0.6 is 24.0 Å². The van der Waals surface area contributed by atoms with Gasteiger partial charge in [-0.15, -0.1) is 24.0 Å². The number of nitrogens with zero attached hydrogens (tertiary/aromatic N) is 2. The molecule has 1 fully saturated rings. The number of halogens is 1. The van der Waals surface area contributed by atoms with Crippen molar-refractivity contribution in [1.29, 1.82) is 0 Å². The van der Waals surface area contributed by atoms with E-state index in [1.165, 1.54) is 24.1 Å². The summed E-state index contributed by atoms with van der Waals surface area (Å²) in [4.78, 5) is 7.06. The number of benzene rings is 2. The largest absolute Gasteiger partial charge is 0.497 e. The third kappa shape index (κ3) is 7.67. The van der Waals surface area contributed by atoms with Crippen LogP contribution in [0.25, 0.3) is 0 Å². The Morgan fingerprint density at radius 2 is 1.73 bits per heavy atom. The minimum Gasteiger partial charge on any atom is -0.497 e. The fraction of sp³-hybridized carbons (Fsp3) is 0.480. The van der Waals surface area contributed by atoms with Crippen LogP contribution < -0.4 is 25.0 Å². The molecule has 3 N–H and O–H groups in total. The van der Waals surface area contributed by atoms with Gasteiger partial charge in [0.25, 0.3) is 0 Å². The summed E-state index contributed by atoms with van der Waals surface area (Å²) >= 11 is 0. The maximum absolute atomic E-state index is 10.7. The van der Waals surface area contributed by atoms with Gasteiger partial charge < -0.3 is 30.1 Å². The third-order valence-electron chi connectivity index (χ3n) is 5.72. The van der Waals surface area contributed by atoms with Crippen LogP contribution in [0.4, 0.5) is 5.69 Å². The number of guanidine groups is 1. The Hall–Kier alpha value is -2.20. The Balaban J connectivity index is 0.00000385. The highest BCUT2D eigenvalue weighted by Gasteiger charge is 2.15. The molecule has 0 saturated carbocycles. The minimum absolute atomic E-state index is 0. The molecule has 0 radical (unpaired) electrons. The van der Waals surface area contributed by atoms with E-state index in [-0.39, 0.29) is 36.6 Å². The Labute approximate surface area is 214 Å². The molecule has 1 aliphatic rings. The molecule has 182 valence electrons. The number of hydrogen-bond acceptors (Lipinski definition) is 5. The number of nitrogens with one attached hydrogen (secondary N) is 2. The van der Waals surface area contributed by atoms with Crippen LogP contribution in [0, 0.1) is 0 Å². The fourth-order valence-corrected chi connectivity index (χ4v) is 3.88. The molecule has 2 atom stereocenters. The van der Waals surface area contributed by atoms with E-state index < -0.39 is 6.10 Å². The summed E-state index contributed by atoms with van der Waals surface area (Å²) in [6.07, 6.45) is 1.75. The predicted molar refractivity (Wildman–Crippen MR) is 145 cm³/mol. The highest BCUT2D eigenvalue weighted by Crippen LogP contribution is 2.27. The molecular weight excluding hydrogens is 531 g/mol. The van der Waals surface area contributed by atoms with Crippen LogP contribution in [0.15, 0.2) is 47.5 Å². The number of ether oxygens (including phenoxy) is 2. The molecule has 0 aliphatic carbocycles. The summed E-state index contributed by atoms with van der Waals surface area (Å²) in [6, 6.07) is 14.1. The van der Waals surface area contributed by atoms with E-state index in [0.717, 1.165) is 19.6 Å². The number of aliphatic hydroxyl groups excluding tert-OH is 1. The van der Waals surface area contributed by atoms with Gasteiger partial charge >= 0.3 is 0 Å². The van der Waals surface area contributed by atoms with Gasteiger partial charge in [0.1, 0.15) is 11.5 Å². The van der Waals surface area contributed by atoms with Crippen molar-refractivity contribution in [2.45, 2.75) is 38.8 Å². The summed E-state index contributed by atoms with van der Waals surface area (Å²) in [5.74, 6) is 1.94. The Morgan fingerprint density at radius 3 is 2.33 bits per heavy atom. The van der Waals surface area contributed by atoms with E-state index in [0.29, 0.717) is 23.0 Å². The fourth-order valence-electron chi connectivity index (χ4n) is 3.88. The van der Waals surface area contributed by atoms with Gasteiger partial charge in [-0.25, -0.2) is 0 Å². The zero-order chi connectivity index (χ0) is 22.9. The average Bonchev–Trinajstić information content (AvgIpc) is 3.37. The molecule has 0 amide bonds. The first-order valence-electron chi connectivity index (χ1n) is 11.3. The standard InChI is InChI=1S/C25H36N4O3.HI/c1-5-26-25(27-17-24(30)20-14-22(31-3)16-23(15-20)32-4)28-18(2)19-9-8-10-21(13-19)29-11-6-7-12-29;/h8-10,13-16,18,24,30H,5-7,11-12,17H2,1-4H3,(H2,26,27,28);1H. The molecule has 33 heavy (non-hydrogen) atoms. The van der Waals surface area contributed by atoms with Crippen molar-refractivity contribution < 1.29 is 14.6 Å². The molecule has 7 nitrogen and oxygen atoms in total. The quantitative estimate of drug-likeness (QED) is 0.238. The molecule has 0 spiro atoms. The van der Waals surface area contributed by atoms with Crippen molar-refractivity contribution in [3.63, 3.8) is 0 Å². The lowest BCUT2D eigenvalue weighted by Crippen LogP contribution is -2.39. The number of rotatable bonds is 9. The number of methoxy groups -OCH3 is 2. The summed E-state index contributed by atoms with van der Waals surface area (Å²) in [5, 5.41) is 17.4. The van der Waals surface area contributed by atoms with Crippen LogP contribution in [0.1, 0.15) is 50.0 Å². The normalized spacial score (nSPS) is 15.4. The zero-order valence-corrected chi connectivity index (χ0v) is 22.3. The van der Waals surface area contributed by atoms with Gasteiger partial charge in [0.05, 0.1) is 32.9 Å². The Bertz CT molecular complexity index is 881. The summed E-state index contributed by atoms with van der Waals surface area (Å²) < 4.78 is 10.6. The molecule has 2 unspecified atom stereocenters. The van der Waals surface area contributed by atoms with Crippen molar-refractivity contribution in [3.8, 4) is 11.5 Å². The molecule has 1 saturated heterocycles. The first kappa shape index (κ1) is 27.0. The van der Waals surface area contributed by atoms with Crippen LogP contribution in [0.5, 0.6) is 11.5 Å². The second kappa shape index (κ2) is 13.5. The van der Waals surface area contributed by atoms with Crippen molar-refractivity contribution in [2.75, 3.05) is 45.3 Å². The molecular formula is C25H37IN4O3. The van der Waals surface area contributed by atoms with Gasteiger partial charge in [0.2, 0.25) is 0 Å². The van der Waals surface area contributed by atoms with E-state index >= 15 is 0 Å². The lowest BCUT2D eigenvalue weighted by molar-refractivity contribution is 0.186. The lowest BCUT2D eigenvalue weighted by Gasteiger charge is -2.22. The van der Waals surface area contributed by atoms with Gasteiger partial charge in [0.15, 0.2) is 5.96 Å². The predicted octanol–water partition coefficient (Wildman–Crippen LogP) is 4.27. The molecule has 0 aromatic heterocycles. The van der Waals surface area contributed by atoms with Crippen LogP contribution in [-0.4, -0.2) is 51.5 Å². The molecule has 1 heterocycles. The molecule has 1 aliphatic heterocycles. The average molecular weight is 569 g/mol. The van der Waals surface area contributed by atoms with Gasteiger partial charge in [-0.3, -0.25) is 4.99 Å². The molecule has 3 rings (SSSR count). The molecule has 2 aromatic rings. The van der Waals surface area contributed by atoms with Crippen molar-refractivity contribution >= 4 is 35.6 Å². The second-order valence-electron chi connectivity index (χ2n) is 8.04. The third-order valence-corrected chi connectivity index (χ3v) is 5.72.